The maximum atomic E-state index is 10.6. The number of nitrogens with zero attached hydrogens (tertiary/aromatic N) is 4. The number of benzene rings is 2. The molecule has 1 aliphatic rings. The van der Waals surface area contributed by atoms with Gasteiger partial charge in [0.1, 0.15) is 5.82 Å². The van der Waals surface area contributed by atoms with Gasteiger partial charge in [-0.2, -0.15) is 0 Å². The molecule has 0 bridgehead atoms. The molecule has 6 nitrogen and oxygen atoms in total. The molecule has 0 radical (unpaired) electrons. The van der Waals surface area contributed by atoms with Gasteiger partial charge in [-0.05, 0) is 73.2 Å². The number of pyridine rings is 1. The summed E-state index contributed by atoms with van der Waals surface area (Å²) in [5.74, 6) is 7.67. The second-order valence-corrected chi connectivity index (χ2v) is 10.6. The van der Waals surface area contributed by atoms with Crippen LogP contribution >= 0.6 is 0 Å². The Bertz CT molecular complexity index is 1520. The first-order valence-corrected chi connectivity index (χ1v) is 14.3. The van der Waals surface area contributed by atoms with E-state index in [0.717, 1.165) is 85.6 Å². The zero-order chi connectivity index (χ0) is 27.7. The normalized spacial score (nSPS) is 14.0. The highest BCUT2D eigenvalue weighted by molar-refractivity contribution is 5.91. The number of aromatic nitrogens is 3. The molecule has 2 aromatic heterocycles. The Morgan fingerprint density at radius 3 is 2.58 bits per heavy atom. The van der Waals surface area contributed by atoms with Gasteiger partial charge in [0.2, 0.25) is 0 Å². The van der Waals surface area contributed by atoms with Gasteiger partial charge in [0, 0.05) is 54.8 Å². The fourth-order valence-electron chi connectivity index (χ4n) is 5.43. The van der Waals surface area contributed by atoms with Crippen molar-refractivity contribution < 1.29 is 9.90 Å². The average molecular weight is 533 g/mol. The lowest BCUT2D eigenvalue weighted by molar-refractivity contribution is -0.137. The van der Waals surface area contributed by atoms with Gasteiger partial charge in [-0.15, -0.1) is 0 Å². The van der Waals surface area contributed by atoms with Gasteiger partial charge in [-0.25, -0.2) is 9.97 Å². The van der Waals surface area contributed by atoms with E-state index >= 15 is 0 Å². The molecule has 6 heteroatoms. The van der Waals surface area contributed by atoms with Crippen LogP contribution in [0.1, 0.15) is 68.1 Å². The maximum absolute atomic E-state index is 10.6. The summed E-state index contributed by atoms with van der Waals surface area (Å²) in [6.45, 7) is 0. The Kier molecular flexibility index (Phi) is 9.03. The highest BCUT2D eigenvalue weighted by Crippen LogP contribution is 2.32. The van der Waals surface area contributed by atoms with Crippen molar-refractivity contribution in [1.82, 2.24) is 15.0 Å². The molecule has 1 aliphatic carbocycles. The lowest BCUT2D eigenvalue weighted by atomic mass is 10.1. The number of hydrogen-bond acceptors (Lipinski definition) is 5. The van der Waals surface area contributed by atoms with Gasteiger partial charge in [0.15, 0.2) is 5.82 Å². The Hall–Kier alpha value is -4.24. The van der Waals surface area contributed by atoms with Crippen LogP contribution in [0, 0.1) is 11.8 Å². The summed E-state index contributed by atoms with van der Waals surface area (Å²) in [6, 6.07) is 19.1. The summed E-state index contributed by atoms with van der Waals surface area (Å²) >= 11 is 0. The highest BCUT2D eigenvalue weighted by atomic mass is 16.4. The fourth-order valence-corrected chi connectivity index (χ4v) is 5.43. The van der Waals surface area contributed by atoms with E-state index in [2.05, 4.69) is 53.0 Å². The molecular weight excluding hydrogens is 496 g/mol. The minimum Gasteiger partial charge on any atom is -0.481 e. The Labute approximate surface area is 236 Å². The summed E-state index contributed by atoms with van der Waals surface area (Å²) in [7, 11) is 2.14. The molecule has 0 aliphatic heterocycles. The third kappa shape index (κ3) is 6.84. The number of carboxylic acid groups (broad SMARTS) is 1. The first kappa shape index (κ1) is 27.3. The number of rotatable bonds is 11. The number of unbranched alkanes of at least 4 members (excludes halogenated alkanes) is 6. The summed E-state index contributed by atoms with van der Waals surface area (Å²) in [5, 5.41) is 9.76. The first-order valence-electron chi connectivity index (χ1n) is 14.3. The monoisotopic (exact) mass is 532 g/mol. The van der Waals surface area contributed by atoms with Gasteiger partial charge in [0.05, 0.1) is 5.52 Å². The van der Waals surface area contributed by atoms with Crippen molar-refractivity contribution in [2.45, 2.75) is 70.3 Å². The van der Waals surface area contributed by atoms with E-state index in [0.29, 0.717) is 11.9 Å². The second kappa shape index (κ2) is 13.2. The smallest absolute Gasteiger partial charge is 0.303 e. The van der Waals surface area contributed by atoms with Crippen molar-refractivity contribution in [2.24, 2.45) is 0 Å². The van der Waals surface area contributed by atoms with Crippen LogP contribution in [-0.2, 0) is 17.6 Å². The Balaban J connectivity index is 1.20. The third-order valence-electron chi connectivity index (χ3n) is 7.68. The zero-order valence-corrected chi connectivity index (χ0v) is 23.1. The molecule has 1 unspecified atom stereocenters. The van der Waals surface area contributed by atoms with Gasteiger partial charge >= 0.3 is 5.97 Å². The summed E-state index contributed by atoms with van der Waals surface area (Å²) in [4.78, 5) is 27.0. The summed E-state index contributed by atoms with van der Waals surface area (Å²) in [5.41, 5.74) is 5.69. The lowest BCUT2D eigenvalue weighted by Crippen LogP contribution is -2.33. The molecule has 2 aromatic carbocycles. The summed E-state index contributed by atoms with van der Waals surface area (Å²) < 4.78 is 0. The Morgan fingerprint density at radius 1 is 0.950 bits per heavy atom. The quantitative estimate of drug-likeness (QED) is 0.168. The van der Waals surface area contributed by atoms with Crippen molar-refractivity contribution >= 4 is 22.7 Å². The van der Waals surface area contributed by atoms with Crippen LogP contribution in [0.25, 0.3) is 22.3 Å². The molecule has 4 aromatic rings. The molecule has 1 atom stereocenters. The second-order valence-electron chi connectivity index (χ2n) is 10.6. The number of anilines is 1. The standard InChI is InChI=1S/C34H36N4O2/c1-38(34-30-15-10-11-16-31(30)36-33(37-34)27-14-12-20-35-24-27)29-22-26-19-18-25(21-28(26)23-29)13-8-6-4-2-3-5-7-9-17-32(39)40/h10-12,14-16,18-21,24,29H,2-7,9,17,22-23H2,1H3,(H,39,40). The molecule has 2 heterocycles. The van der Waals surface area contributed by atoms with Crippen LogP contribution in [0.2, 0.25) is 0 Å². The van der Waals surface area contributed by atoms with Crippen molar-refractivity contribution in [3.63, 3.8) is 0 Å². The Morgan fingerprint density at radius 2 is 1.75 bits per heavy atom. The van der Waals surface area contributed by atoms with E-state index in [9.17, 15) is 4.79 Å². The third-order valence-corrected chi connectivity index (χ3v) is 7.68. The SMILES string of the molecule is CN(c1nc(-c2cccnc2)nc2ccccc12)C1Cc2ccc(C#CCCCCCCCCC(=O)O)cc2C1. The van der Waals surface area contributed by atoms with Crippen molar-refractivity contribution in [1.29, 1.82) is 0 Å². The molecule has 204 valence electrons. The lowest BCUT2D eigenvalue weighted by Gasteiger charge is -2.27. The van der Waals surface area contributed by atoms with E-state index in [1.165, 1.54) is 11.1 Å². The number of para-hydroxylation sites is 1. The van der Waals surface area contributed by atoms with Crippen LogP contribution in [0.5, 0.6) is 0 Å². The summed E-state index contributed by atoms with van der Waals surface area (Å²) in [6.07, 6.45) is 13.0. The number of aliphatic carboxylic acids is 1. The van der Waals surface area contributed by atoms with E-state index < -0.39 is 5.97 Å². The van der Waals surface area contributed by atoms with Crippen molar-refractivity contribution in [3.05, 3.63) is 83.7 Å². The molecule has 1 N–H and O–H groups in total. The van der Waals surface area contributed by atoms with Crippen LogP contribution in [0.15, 0.2) is 67.0 Å². The van der Waals surface area contributed by atoms with Crippen molar-refractivity contribution in [2.75, 3.05) is 11.9 Å². The van der Waals surface area contributed by atoms with E-state index in [4.69, 9.17) is 15.1 Å². The minimum atomic E-state index is -0.695. The van der Waals surface area contributed by atoms with Gasteiger partial charge in [-0.3, -0.25) is 9.78 Å². The van der Waals surface area contributed by atoms with Gasteiger partial charge in [-0.1, -0.05) is 55.7 Å². The largest absolute Gasteiger partial charge is 0.481 e. The number of carbonyl (C=O) groups is 1. The van der Waals surface area contributed by atoms with E-state index in [1.54, 1.807) is 6.20 Å². The van der Waals surface area contributed by atoms with Crippen LogP contribution in [0.3, 0.4) is 0 Å². The molecule has 0 saturated heterocycles. The predicted octanol–water partition coefficient (Wildman–Crippen LogP) is 6.85. The number of hydrogen-bond donors (Lipinski definition) is 1. The van der Waals surface area contributed by atoms with Crippen LogP contribution < -0.4 is 4.90 Å². The first-order chi connectivity index (χ1) is 19.6. The number of carboxylic acids is 1. The molecule has 0 saturated carbocycles. The van der Waals surface area contributed by atoms with E-state index in [-0.39, 0.29) is 6.42 Å². The number of likely N-dealkylation sites (N-methyl/N-ethyl adjacent to an activating group) is 1. The maximum Gasteiger partial charge on any atom is 0.303 e. The molecule has 40 heavy (non-hydrogen) atoms. The van der Waals surface area contributed by atoms with E-state index in [1.807, 2.05) is 36.5 Å². The molecule has 5 rings (SSSR count). The zero-order valence-electron chi connectivity index (χ0n) is 23.1. The fraction of sp³-hybridized carbons (Fsp3) is 0.353. The highest BCUT2D eigenvalue weighted by Gasteiger charge is 2.27. The van der Waals surface area contributed by atoms with Gasteiger partial charge < -0.3 is 10.0 Å². The topological polar surface area (TPSA) is 79.2 Å². The predicted molar refractivity (Wildman–Crippen MR) is 160 cm³/mol. The van der Waals surface area contributed by atoms with Crippen molar-refractivity contribution in [3.8, 4) is 23.2 Å². The number of fused-ring (bicyclic) bond motifs is 2. The average Bonchev–Trinajstić information content (AvgIpc) is 3.41. The van der Waals surface area contributed by atoms with Crippen LogP contribution in [0.4, 0.5) is 5.82 Å². The van der Waals surface area contributed by atoms with Gasteiger partial charge in [0.25, 0.3) is 0 Å². The minimum absolute atomic E-state index is 0.286. The molecule has 0 amide bonds. The molecule has 0 spiro atoms. The molecule has 0 fully saturated rings. The van der Waals surface area contributed by atoms with Crippen LogP contribution in [-0.4, -0.2) is 39.1 Å². The molecular formula is C34H36N4O2.